The van der Waals surface area contributed by atoms with Gasteiger partial charge in [-0.25, -0.2) is 4.79 Å². The summed E-state index contributed by atoms with van der Waals surface area (Å²) in [5.74, 6) is -0.294. The average molecular weight is 379 g/mol. The number of nitrogens with zero attached hydrogens (tertiary/aromatic N) is 1. The molecule has 1 amide bonds. The van der Waals surface area contributed by atoms with Gasteiger partial charge in [-0.1, -0.05) is 0 Å². The summed E-state index contributed by atoms with van der Waals surface area (Å²) in [6.45, 7) is 1.12. The van der Waals surface area contributed by atoms with E-state index in [0.29, 0.717) is 5.56 Å². The van der Waals surface area contributed by atoms with Crippen molar-refractivity contribution in [2.75, 3.05) is 20.3 Å². The van der Waals surface area contributed by atoms with Crippen molar-refractivity contribution in [2.45, 2.75) is 31.8 Å². The van der Waals surface area contributed by atoms with E-state index in [2.05, 4.69) is 10.3 Å². The van der Waals surface area contributed by atoms with Gasteiger partial charge in [-0.05, 0) is 6.92 Å². The fourth-order valence-corrected chi connectivity index (χ4v) is 2.27. The maximum atomic E-state index is 11.9. The molecular formula is C13H20N4O6V. The number of rotatable bonds is 5. The topological polar surface area (TPSA) is 146 Å². The molecule has 1 fully saturated rings. The molecule has 10 nitrogen and oxygen atoms in total. The molecule has 1 aliphatic heterocycles. The average Bonchev–Trinajstić information content (AvgIpc) is 3.00. The Bertz CT molecular complexity index is 675. The first-order chi connectivity index (χ1) is 11.5. The van der Waals surface area contributed by atoms with E-state index in [-0.39, 0.29) is 25.5 Å². The Morgan fingerprint density at radius 1 is 1.58 bits per heavy atom. The van der Waals surface area contributed by atoms with E-state index in [1.807, 2.05) is 0 Å². The number of hydrogen-bond donors (Lipinski definition) is 4. The number of H-pyrrole nitrogens is 1. The molecule has 0 aromatic carbocycles. The summed E-state index contributed by atoms with van der Waals surface area (Å²) in [6, 6.07) is 0. The zero-order valence-corrected chi connectivity index (χ0v) is 14.7. The van der Waals surface area contributed by atoms with Gasteiger partial charge in [0.15, 0.2) is 0 Å². The van der Waals surface area contributed by atoms with Gasteiger partial charge in [-0.3, -0.25) is 19.1 Å². The van der Waals surface area contributed by atoms with Crippen LogP contribution in [-0.4, -0.2) is 53.0 Å². The molecule has 1 aliphatic rings. The van der Waals surface area contributed by atoms with Crippen LogP contribution in [0, 0.1) is 11.1 Å². The quantitative estimate of drug-likeness (QED) is 0.492. The summed E-state index contributed by atoms with van der Waals surface area (Å²) in [5, 5.41) is 11.8. The second-order valence-electron chi connectivity index (χ2n) is 5.05. The minimum absolute atomic E-state index is 0.159. The fourth-order valence-electron chi connectivity index (χ4n) is 2.27. The number of aliphatic hydroxyl groups is 1. The maximum absolute atomic E-state index is 11.9. The van der Waals surface area contributed by atoms with Gasteiger partial charge in [0.05, 0.1) is 12.7 Å². The number of hydrogen-bond acceptors (Lipinski definition) is 7. The molecule has 1 aromatic rings. The first-order valence-electron chi connectivity index (χ1n) is 7.09. The predicted molar refractivity (Wildman–Crippen MR) is 78.2 cm³/mol. The Kier molecular flexibility index (Phi) is 8.22. The Morgan fingerprint density at radius 2 is 2.25 bits per heavy atom. The van der Waals surface area contributed by atoms with Crippen molar-refractivity contribution in [3.05, 3.63) is 32.6 Å². The monoisotopic (exact) mass is 379 g/mol. The van der Waals surface area contributed by atoms with Crippen molar-refractivity contribution in [2.24, 2.45) is 0 Å². The van der Waals surface area contributed by atoms with Crippen LogP contribution in [-0.2, 0) is 31.5 Å². The SMILES string of the molecule is CNC(=O)COC1CC(n2cc(C)c(=O)[nH]c2=O)OC1CO.[NH]=[V]. The van der Waals surface area contributed by atoms with Crippen molar-refractivity contribution in [3.63, 3.8) is 0 Å². The second kappa shape index (κ2) is 9.65. The first-order valence-corrected chi connectivity index (χ1v) is 7.79. The van der Waals surface area contributed by atoms with Crippen LogP contribution < -0.4 is 16.6 Å². The molecule has 1 saturated heterocycles. The van der Waals surface area contributed by atoms with E-state index in [9.17, 15) is 19.5 Å². The summed E-state index contributed by atoms with van der Waals surface area (Å²) >= 11 is 1.56. The third-order valence-electron chi connectivity index (χ3n) is 3.52. The van der Waals surface area contributed by atoms with Crippen LogP contribution >= 0.6 is 0 Å². The van der Waals surface area contributed by atoms with Crippen LogP contribution in [0.25, 0.3) is 0 Å². The zero-order valence-electron chi connectivity index (χ0n) is 13.3. The third-order valence-corrected chi connectivity index (χ3v) is 3.52. The molecular weight excluding hydrogens is 359 g/mol. The number of aryl methyl sites for hydroxylation is 1. The van der Waals surface area contributed by atoms with Gasteiger partial charge in [-0.15, -0.1) is 0 Å². The molecule has 2 heterocycles. The number of carbonyl (C=O) groups excluding carboxylic acids is 1. The van der Waals surface area contributed by atoms with Crippen molar-refractivity contribution < 1.29 is 36.6 Å². The van der Waals surface area contributed by atoms with Crippen molar-refractivity contribution in [3.8, 4) is 0 Å². The standard InChI is InChI=1S/C13H19N3O6.HN.V/c1-7-4-16(13(20)15-12(7)19)11-3-8(9(5-17)22-11)21-6-10(18)14-2;;/h4,8-9,11,17H,3,5-6H2,1-2H3,(H,14,18)(H,15,19,20);1H;. The van der Waals surface area contributed by atoms with E-state index in [1.165, 1.54) is 17.8 Å². The van der Waals surface area contributed by atoms with Crippen molar-refractivity contribution >= 4 is 5.91 Å². The first kappa shape index (κ1) is 20.5. The number of aromatic nitrogens is 2. The van der Waals surface area contributed by atoms with Crippen LogP contribution in [0.4, 0.5) is 0 Å². The van der Waals surface area contributed by atoms with Crippen LogP contribution in [0.15, 0.2) is 15.8 Å². The molecule has 133 valence electrons. The number of aliphatic hydroxyl groups excluding tert-OH is 1. The van der Waals surface area contributed by atoms with Crippen LogP contribution in [0.3, 0.4) is 0 Å². The normalized spacial score (nSPS) is 22.5. The number of ether oxygens (including phenoxy) is 2. The summed E-state index contributed by atoms with van der Waals surface area (Å²) in [5.41, 5.74) is -0.673. The molecule has 24 heavy (non-hydrogen) atoms. The number of nitrogens with one attached hydrogen (secondary N) is 3. The molecule has 0 aliphatic carbocycles. The van der Waals surface area contributed by atoms with E-state index < -0.39 is 29.7 Å². The van der Waals surface area contributed by atoms with E-state index in [0.717, 1.165) is 0 Å². The van der Waals surface area contributed by atoms with Gasteiger partial charge in [-0.2, -0.15) is 0 Å². The molecule has 3 atom stereocenters. The summed E-state index contributed by atoms with van der Waals surface area (Å²) in [4.78, 5) is 36.6. The Hall–Kier alpha value is -1.59. The van der Waals surface area contributed by atoms with Gasteiger partial charge < -0.3 is 19.9 Å². The molecule has 0 saturated carbocycles. The van der Waals surface area contributed by atoms with Crippen LogP contribution in [0.5, 0.6) is 0 Å². The molecule has 11 heteroatoms. The predicted octanol–water partition coefficient (Wildman–Crippen LogP) is -1.45. The number of carbonyl (C=O) groups is 1. The fraction of sp³-hybridized carbons (Fsp3) is 0.615. The molecule has 0 radical (unpaired) electrons. The molecule has 2 rings (SSSR count). The number of likely N-dealkylation sites (N-methyl/N-ethyl adjacent to an activating group) is 1. The molecule has 0 spiro atoms. The summed E-state index contributed by atoms with van der Waals surface area (Å²) in [7, 11) is 1.49. The van der Waals surface area contributed by atoms with Gasteiger partial charge in [0.1, 0.15) is 18.9 Å². The van der Waals surface area contributed by atoms with Gasteiger partial charge in [0.25, 0.3) is 5.56 Å². The van der Waals surface area contributed by atoms with E-state index in [4.69, 9.17) is 13.7 Å². The van der Waals surface area contributed by atoms with Gasteiger partial charge in [0.2, 0.25) is 5.91 Å². The van der Waals surface area contributed by atoms with Crippen LogP contribution in [0.1, 0.15) is 18.2 Å². The summed E-state index contributed by atoms with van der Waals surface area (Å²) < 4.78 is 17.9. The van der Waals surface area contributed by atoms with Crippen LogP contribution in [0.2, 0.25) is 0 Å². The Morgan fingerprint density at radius 3 is 2.83 bits per heavy atom. The third kappa shape index (κ3) is 4.95. The van der Waals surface area contributed by atoms with E-state index >= 15 is 0 Å². The second-order valence-corrected chi connectivity index (χ2v) is 5.05. The van der Waals surface area contributed by atoms with E-state index in [1.54, 1.807) is 24.2 Å². The van der Waals surface area contributed by atoms with Gasteiger partial charge in [0, 0.05) is 25.2 Å². The Balaban J connectivity index is 0.00000139. The molecule has 3 unspecified atom stereocenters. The minimum atomic E-state index is -0.671. The van der Waals surface area contributed by atoms with Crippen molar-refractivity contribution in [1.29, 1.82) is 4.21 Å². The molecule has 0 bridgehead atoms. The number of aromatic amines is 1. The Labute approximate surface area is 146 Å². The van der Waals surface area contributed by atoms with Crippen molar-refractivity contribution in [1.82, 2.24) is 14.9 Å². The summed E-state index contributed by atoms with van der Waals surface area (Å²) in [6.07, 6.45) is -0.148. The molecule has 4 N–H and O–H groups in total. The van der Waals surface area contributed by atoms with Gasteiger partial charge >= 0.3 is 27.1 Å². The number of amides is 1. The molecule has 1 aromatic heterocycles. The zero-order chi connectivity index (χ0) is 18.3.